The molecule has 0 radical (unpaired) electrons. The third kappa shape index (κ3) is 2.90. The van der Waals surface area contributed by atoms with Crippen LogP contribution < -0.4 is 5.32 Å². The molecule has 6 nitrogen and oxygen atoms in total. The minimum absolute atomic E-state index is 0.0692. The number of nitrogens with one attached hydrogen (secondary N) is 1. The molecule has 2 atom stereocenters. The van der Waals surface area contributed by atoms with Gasteiger partial charge in [0.25, 0.3) is 0 Å². The molecule has 1 N–H and O–H groups in total. The number of aromatic nitrogens is 4. The summed E-state index contributed by atoms with van der Waals surface area (Å²) in [6.45, 7) is 0. The molecule has 0 aromatic carbocycles. The number of hydrogen-bond acceptors (Lipinski definition) is 5. The second-order valence-corrected chi connectivity index (χ2v) is 6.32. The number of halogens is 2. The zero-order chi connectivity index (χ0) is 16.7. The lowest BCUT2D eigenvalue weighted by molar-refractivity contribution is -0.117. The third-order valence-corrected chi connectivity index (χ3v) is 4.42. The van der Waals surface area contributed by atoms with E-state index in [2.05, 4.69) is 25.3 Å². The highest BCUT2D eigenvalue weighted by molar-refractivity contribution is 6.36. The van der Waals surface area contributed by atoms with Crippen LogP contribution in [0.1, 0.15) is 18.2 Å². The number of fused-ring (bicyclic) bond motifs is 1. The molecular formula is C16H11Cl2N5O. The van der Waals surface area contributed by atoms with Crippen molar-refractivity contribution >= 4 is 45.7 Å². The van der Waals surface area contributed by atoms with Gasteiger partial charge in [-0.3, -0.25) is 4.79 Å². The van der Waals surface area contributed by atoms with Gasteiger partial charge in [0.2, 0.25) is 5.91 Å². The number of anilines is 1. The van der Waals surface area contributed by atoms with E-state index in [-0.39, 0.29) is 22.9 Å². The topological polar surface area (TPSA) is 80.7 Å². The van der Waals surface area contributed by atoms with Crippen LogP contribution in [0.2, 0.25) is 10.3 Å². The van der Waals surface area contributed by atoms with Gasteiger partial charge in [-0.2, -0.15) is 0 Å². The summed E-state index contributed by atoms with van der Waals surface area (Å²) in [6.07, 6.45) is 5.68. The van der Waals surface area contributed by atoms with Crippen LogP contribution >= 0.6 is 23.2 Å². The maximum absolute atomic E-state index is 12.4. The van der Waals surface area contributed by atoms with Gasteiger partial charge in [-0.05, 0) is 30.0 Å². The fourth-order valence-corrected chi connectivity index (χ4v) is 3.13. The largest absolute Gasteiger partial charge is 0.310 e. The van der Waals surface area contributed by atoms with Crippen molar-refractivity contribution in [3.8, 4) is 0 Å². The first-order valence-corrected chi connectivity index (χ1v) is 8.07. The fourth-order valence-electron chi connectivity index (χ4n) is 2.64. The molecule has 1 aliphatic carbocycles. The van der Waals surface area contributed by atoms with Gasteiger partial charge in [-0.15, -0.1) is 0 Å². The fraction of sp³-hybridized carbons (Fsp3) is 0.188. The normalized spacial score (nSPS) is 19.2. The number of hydrogen-bond donors (Lipinski definition) is 1. The number of pyridine rings is 2. The lowest BCUT2D eigenvalue weighted by Gasteiger charge is -2.06. The second-order valence-electron chi connectivity index (χ2n) is 5.57. The highest BCUT2D eigenvalue weighted by atomic mass is 35.5. The monoisotopic (exact) mass is 359 g/mol. The van der Waals surface area contributed by atoms with E-state index in [9.17, 15) is 4.79 Å². The van der Waals surface area contributed by atoms with E-state index in [0.717, 1.165) is 11.8 Å². The molecule has 0 spiro atoms. The van der Waals surface area contributed by atoms with Crippen LogP contribution in [0, 0.1) is 5.92 Å². The zero-order valence-corrected chi connectivity index (χ0v) is 13.8. The summed E-state index contributed by atoms with van der Waals surface area (Å²) in [5.41, 5.74) is 0. The number of rotatable bonds is 3. The van der Waals surface area contributed by atoms with Crippen LogP contribution in [-0.4, -0.2) is 25.8 Å². The Balaban J connectivity index is 1.52. The summed E-state index contributed by atoms with van der Waals surface area (Å²) in [5.74, 6) is 0.999. The number of nitrogens with zero attached hydrogens (tertiary/aromatic N) is 4. The molecule has 3 heterocycles. The molecule has 3 aromatic heterocycles. The van der Waals surface area contributed by atoms with Crippen LogP contribution in [0.3, 0.4) is 0 Å². The molecule has 0 unspecified atom stereocenters. The molecule has 1 fully saturated rings. The van der Waals surface area contributed by atoms with Crippen LogP contribution in [0.15, 0.2) is 36.8 Å². The lowest BCUT2D eigenvalue weighted by Crippen LogP contribution is -2.15. The van der Waals surface area contributed by atoms with Crippen molar-refractivity contribution in [1.29, 1.82) is 0 Å². The molecule has 4 rings (SSSR count). The number of carbonyl (C=O) groups excluding carboxylic acids is 1. The maximum Gasteiger partial charge on any atom is 0.229 e. The summed E-state index contributed by atoms with van der Waals surface area (Å²) in [4.78, 5) is 28.9. The van der Waals surface area contributed by atoms with Gasteiger partial charge < -0.3 is 5.32 Å². The Bertz CT molecular complexity index is 934. The third-order valence-electron chi connectivity index (χ3n) is 3.93. The van der Waals surface area contributed by atoms with Gasteiger partial charge in [0.1, 0.15) is 21.9 Å². The second kappa shape index (κ2) is 5.96. The van der Waals surface area contributed by atoms with Gasteiger partial charge in [-0.25, -0.2) is 19.9 Å². The highest BCUT2D eigenvalue weighted by Crippen LogP contribution is 2.46. The van der Waals surface area contributed by atoms with Crippen molar-refractivity contribution in [2.75, 3.05) is 5.32 Å². The SMILES string of the molecule is O=C(Nc1cc2cc(Cl)nc(Cl)c2cn1)[C@@H]1C[C@H]1c1ncccn1. The first kappa shape index (κ1) is 15.2. The predicted octanol–water partition coefficient (Wildman–Crippen LogP) is 3.47. The van der Waals surface area contributed by atoms with Crippen LogP contribution in [0.5, 0.6) is 0 Å². The standard InChI is InChI=1S/C16H11Cl2N5O/c17-12-4-8-5-13(21-7-11(8)14(18)22-12)23-16(24)10-6-9(10)15-19-2-1-3-20-15/h1-5,7,9-10H,6H2,(H,21,23,24)/t9-,10-/m1/s1. The van der Waals surface area contributed by atoms with E-state index < -0.39 is 0 Å². The van der Waals surface area contributed by atoms with Gasteiger partial charge in [-0.1, -0.05) is 23.2 Å². The van der Waals surface area contributed by atoms with Crippen molar-refractivity contribution in [3.63, 3.8) is 0 Å². The lowest BCUT2D eigenvalue weighted by atomic mass is 10.2. The van der Waals surface area contributed by atoms with Crippen molar-refractivity contribution < 1.29 is 4.79 Å². The summed E-state index contributed by atoms with van der Waals surface area (Å²) in [7, 11) is 0. The number of carbonyl (C=O) groups is 1. The molecule has 24 heavy (non-hydrogen) atoms. The summed E-state index contributed by atoms with van der Waals surface area (Å²) in [6, 6.07) is 5.16. The molecule has 8 heteroatoms. The van der Waals surface area contributed by atoms with Crippen molar-refractivity contribution in [3.05, 3.63) is 52.9 Å². The van der Waals surface area contributed by atoms with E-state index in [1.165, 1.54) is 0 Å². The van der Waals surface area contributed by atoms with Gasteiger partial charge in [0.05, 0.1) is 0 Å². The maximum atomic E-state index is 12.4. The van der Waals surface area contributed by atoms with Crippen LogP contribution in [0.25, 0.3) is 10.8 Å². The van der Waals surface area contributed by atoms with Crippen molar-refractivity contribution in [1.82, 2.24) is 19.9 Å². The molecule has 0 saturated heterocycles. The van der Waals surface area contributed by atoms with Gasteiger partial charge in [0.15, 0.2) is 0 Å². The average Bonchev–Trinajstić information content (AvgIpc) is 3.36. The van der Waals surface area contributed by atoms with Crippen LogP contribution in [0.4, 0.5) is 5.82 Å². The summed E-state index contributed by atoms with van der Waals surface area (Å²) >= 11 is 11.9. The summed E-state index contributed by atoms with van der Waals surface area (Å²) in [5, 5.41) is 4.85. The zero-order valence-electron chi connectivity index (χ0n) is 12.3. The Hall–Kier alpha value is -2.31. The average molecular weight is 360 g/mol. The first-order chi connectivity index (χ1) is 11.6. The molecular weight excluding hydrogens is 349 g/mol. The molecule has 1 saturated carbocycles. The number of amides is 1. The quantitative estimate of drug-likeness (QED) is 0.724. The Kier molecular flexibility index (Phi) is 3.78. The summed E-state index contributed by atoms with van der Waals surface area (Å²) < 4.78 is 0. The molecule has 3 aromatic rings. The molecule has 1 amide bonds. The Morgan fingerprint density at radius 1 is 1.17 bits per heavy atom. The van der Waals surface area contributed by atoms with E-state index in [0.29, 0.717) is 22.2 Å². The molecule has 1 aliphatic rings. The Labute approximate surface area is 147 Å². The minimum atomic E-state index is -0.130. The van der Waals surface area contributed by atoms with Crippen molar-refractivity contribution in [2.24, 2.45) is 5.92 Å². The van der Waals surface area contributed by atoms with E-state index in [1.807, 2.05) is 0 Å². The van der Waals surface area contributed by atoms with Gasteiger partial charge >= 0.3 is 0 Å². The predicted molar refractivity (Wildman–Crippen MR) is 91.1 cm³/mol. The van der Waals surface area contributed by atoms with Gasteiger partial charge in [0, 0.05) is 35.8 Å². The molecule has 0 aliphatic heterocycles. The molecule has 0 bridgehead atoms. The molecule has 120 valence electrons. The van der Waals surface area contributed by atoms with E-state index >= 15 is 0 Å². The Morgan fingerprint density at radius 3 is 2.75 bits per heavy atom. The van der Waals surface area contributed by atoms with E-state index in [1.54, 1.807) is 36.8 Å². The van der Waals surface area contributed by atoms with Crippen LogP contribution in [-0.2, 0) is 4.79 Å². The first-order valence-electron chi connectivity index (χ1n) is 7.31. The van der Waals surface area contributed by atoms with Crippen molar-refractivity contribution in [2.45, 2.75) is 12.3 Å². The highest BCUT2D eigenvalue weighted by Gasteiger charge is 2.46. The Morgan fingerprint density at radius 2 is 1.96 bits per heavy atom. The smallest absolute Gasteiger partial charge is 0.229 e. The van der Waals surface area contributed by atoms with E-state index in [4.69, 9.17) is 23.2 Å². The minimum Gasteiger partial charge on any atom is -0.310 e.